The number of nitrogens with one attached hydrogen (secondary N) is 1. The van der Waals surface area contributed by atoms with E-state index in [0.29, 0.717) is 17.3 Å². The Bertz CT molecular complexity index is 843. The molecule has 0 unspecified atom stereocenters. The number of aryl methyl sites for hydroxylation is 2. The molecule has 0 aliphatic heterocycles. The van der Waals surface area contributed by atoms with Gasteiger partial charge in [-0.1, -0.05) is 37.1 Å². The van der Waals surface area contributed by atoms with Crippen molar-refractivity contribution in [3.05, 3.63) is 35.2 Å². The average molecular weight is 388 g/mol. The van der Waals surface area contributed by atoms with Gasteiger partial charge in [-0.05, 0) is 44.4 Å². The maximum Gasteiger partial charge on any atom is 0.248 e. The van der Waals surface area contributed by atoms with Crippen LogP contribution in [0.25, 0.3) is 0 Å². The second-order valence-corrected chi connectivity index (χ2v) is 7.86. The fraction of sp³-hybridized carbons (Fsp3) is 0.474. The molecule has 1 aliphatic rings. The van der Waals surface area contributed by atoms with Gasteiger partial charge in [-0.3, -0.25) is 9.59 Å². The van der Waals surface area contributed by atoms with Crippen LogP contribution in [0.3, 0.4) is 0 Å². The van der Waals surface area contributed by atoms with Gasteiger partial charge in [0.05, 0.1) is 5.75 Å². The van der Waals surface area contributed by atoms with Crippen LogP contribution in [0.5, 0.6) is 0 Å². The number of amides is 2. The highest BCUT2D eigenvalue weighted by Crippen LogP contribution is 2.32. The Morgan fingerprint density at radius 3 is 2.67 bits per heavy atom. The van der Waals surface area contributed by atoms with Crippen molar-refractivity contribution in [1.29, 1.82) is 0 Å². The maximum absolute atomic E-state index is 12.4. The van der Waals surface area contributed by atoms with Crippen LogP contribution in [-0.4, -0.2) is 32.3 Å². The van der Waals surface area contributed by atoms with E-state index in [1.165, 1.54) is 31.0 Å². The van der Waals surface area contributed by atoms with Gasteiger partial charge in [-0.15, -0.1) is 10.2 Å². The first-order chi connectivity index (χ1) is 13.0. The number of aromatic nitrogens is 3. The standard InChI is InChI=1S/C19H25N5O2S/c1-12-8-9-14(18(20)26)10-16(12)21-17(25)11-27-19-23-22-13(2)24(19)15-6-4-3-5-7-15/h8-10,15H,3-7,11H2,1-2H3,(H2,20,26)(H,21,25). The zero-order valence-electron chi connectivity index (χ0n) is 15.7. The van der Waals surface area contributed by atoms with Crippen molar-refractivity contribution in [1.82, 2.24) is 14.8 Å². The lowest BCUT2D eigenvalue weighted by molar-refractivity contribution is -0.113. The van der Waals surface area contributed by atoms with Gasteiger partial charge in [0.25, 0.3) is 0 Å². The third kappa shape index (κ3) is 4.68. The molecule has 0 spiro atoms. The summed E-state index contributed by atoms with van der Waals surface area (Å²) >= 11 is 1.39. The molecule has 1 heterocycles. The summed E-state index contributed by atoms with van der Waals surface area (Å²) < 4.78 is 2.18. The van der Waals surface area contributed by atoms with E-state index in [4.69, 9.17) is 5.73 Å². The summed E-state index contributed by atoms with van der Waals surface area (Å²) in [5, 5.41) is 12.1. The molecule has 0 atom stereocenters. The first-order valence-corrected chi connectivity index (χ1v) is 10.2. The van der Waals surface area contributed by atoms with Crippen molar-refractivity contribution in [3.63, 3.8) is 0 Å². The van der Waals surface area contributed by atoms with E-state index in [-0.39, 0.29) is 11.7 Å². The van der Waals surface area contributed by atoms with Crippen molar-refractivity contribution in [3.8, 4) is 0 Å². The fourth-order valence-electron chi connectivity index (χ4n) is 3.43. The van der Waals surface area contributed by atoms with E-state index in [9.17, 15) is 9.59 Å². The Hall–Kier alpha value is -2.35. The molecule has 3 N–H and O–H groups in total. The molecule has 1 aromatic heterocycles. The molecule has 1 aliphatic carbocycles. The summed E-state index contributed by atoms with van der Waals surface area (Å²) in [5.41, 5.74) is 7.16. The third-order valence-corrected chi connectivity index (χ3v) is 5.85. The number of carbonyl (C=O) groups excluding carboxylic acids is 2. The number of anilines is 1. The largest absolute Gasteiger partial charge is 0.366 e. The second kappa shape index (κ2) is 8.56. The van der Waals surface area contributed by atoms with Crippen molar-refractivity contribution in [2.45, 2.75) is 57.1 Å². The fourth-order valence-corrected chi connectivity index (χ4v) is 4.29. The topological polar surface area (TPSA) is 103 Å². The minimum Gasteiger partial charge on any atom is -0.366 e. The smallest absolute Gasteiger partial charge is 0.248 e. The van der Waals surface area contributed by atoms with E-state index in [0.717, 1.165) is 29.4 Å². The van der Waals surface area contributed by atoms with E-state index >= 15 is 0 Å². The Balaban J connectivity index is 1.65. The summed E-state index contributed by atoms with van der Waals surface area (Å²) in [6.07, 6.45) is 6.01. The van der Waals surface area contributed by atoms with Crippen LogP contribution in [0.2, 0.25) is 0 Å². The molecule has 2 amide bonds. The van der Waals surface area contributed by atoms with Crippen molar-refractivity contribution >= 4 is 29.3 Å². The summed E-state index contributed by atoms with van der Waals surface area (Å²) in [7, 11) is 0. The summed E-state index contributed by atoms with van der Waals surface area (Å²) in [4.78, 5) is 23.7. The van der Waals surface area contributed by atoms with Gasteiger partial charge in [0.15, 0.2) is 5.16 Å². The predicted octanol–water partition coefficient (Wildman–Crippen LogP) is 3.23. The number of rotatable bonds is 6. The molecule has 7 nitrogen and oxygen atoms in total. The SMILES string of the molecule is Cc1ccc(C(N)=O)cc1NC(=O)CSc1nnc(C)n1C1CCCCC1. The van der Waals surface area contributed by atoms with Crippen molar-refractivity contribution in [2.75, 3.05) is 11.1 Å². The van der Waals surface area contributed by atoms with Crippen LogP contribution in [0.4, 0.5) is 5.69 Å². The molecule has 27 heavy (non-hydrogen) atoms. The Labute approximate surface area is 163 Å². The average Bonchev–Trinajstić information content (AvgIpc) is 3.03. The molecular formula is C19H25N5O2S. The van der Waals surface area contributed by atoms with Gasteiger partial charge in [0.1, 0.15) is 5.82 Å². The third-order valence-electron chi connectivity index (χ3n) is 4.90. The number of carbonyl (C=O) groups is 2. The maximum atomic E-state index is 12.4. The number of nitrogens with zero attached hydrogens (tertiary/aromatic N) is 3. The van der Waals surface area contributed by atoms with Gasteiger partial charge >= 0.3 is 0 Å². The molecule has 2 aromatic rings. The minimum atomic E-state index is -0.518. The number of hydrogen-bond acceptors (Lipinski definition) is 5. The highest BCUT2D eigenvalue weighted by Gasteiger charge is 2.22. The monoisotopic (exact) mass is 387 g/mol. The van der Waals surface area contributed by atoms with Crippen molar-refractivity contribution < 1.29 is 9.59 Å². The Morgan fingerprint density at radius 1 is 1.22 bits per heavy atom. The van der Waals surface area contributed by atoms with E-state index in [1.54, 1.807) is 18.2 Å². The van der Waals surface area contributed by atoms with E-state index in [1.807, 2.05) is 13.8 Å². The molecule has 1 fully saturated rings. The van der Waals surface area contributed by atoms with E-state index in [2.05, 4.69) is 20.1 Å². The molecule has 3 rings (SSSR count). The predicted molar refractivity (Wildman–Crippen MR) is 106 cm³/mol. The quantitative estimate of drug-likeness (QED) is 0.741. The van der Waals surface area contributed by atoms with Crippen molar-refractivity contribution in [2.24, 2.45) is 5.73 Å². The Morgan fingerprint density at radius 2 is 1.96 bits per heavy atom. The van der Waals surface area contributed by atoms with Gasteiger partial charge in [0, 0.05) is 17.3 Å². The normalized spacial score (nSPS) is 14.9. The number of benzene rings is 1. The highest BCUT2D eigenvalue weighted by atomic mass is 32.2. The number of thioether (sulfide) groups is 1. The molecule has 0 saturated heterocycles. The minimum absolute atomic E-state index is 0.152. The van der Waals surface area contributed by atoms with Gasteiger partial charge in [0.2, 0.25) is 11.8 Å². The number of hydrogen-bond donors (Lipinski definition) is 2. The number of primary amides is 1. The lowest BCUT2D eigenvalue weighted by Gasteiger charge is -2.24. The van der Waals surface area contributed by atoms with E-state index < -0.39 is 5.91 Å². The first kappa shape index (κ1) is 19.4. The van der Waals surface area contributed by atoms with Crippen LogP contribution < -0.4 is 11.1 Å². The van der Waals surface area contributed by atoms with Crippen LogP contribution in [-0.2, 0) is 4.79 Å². The van der Waals surface area contributed by atoms with Crippen LogP contribution in [0.1, 0.15) is 59.9 Å². The molecule has 8 heteroatoms. The molecule has 0 bridgehead atoms. The Kier molecular flexibility index (Phi) is 6.15. The zero-order valence-corrected chi connectivity index (χ0v) is 16.5. The van der Waals surface area contributed by atoms with Gasteiger partial charge < -0.3 is 15.6 Å². The number of nitrogens with two attached hydrogens (primary N) is 1. The highest BCUT2D eigenvalue weighted by molar-refractivity contribution is 7.99. The summed E-state index contributed by atoms with van der Waals surface area (Å²) in [6, 6.07) is 5.45. The summed E-state index contributed by atoms with van der Waals surface area (Å²) in [5.74, 6) is 0.455. The lowest BCUT2D eigenvalue weighted by Crippen LogP contribution is -2.18. The van der Waals surface area contributed by atoms with Crippen LogP contribution in [0, 0.1) is 13.8 Å². The second-order valence-electron chi connectivity index (χ2n) is 6.92. The summed E-state index contributed by atoms with van der Waals surface area (Å²) in [6.45, 7) is 3.83. The zero-order chi connectivity index (χ0) is 19.4. The lowest BCUT2D eigenvalue weighted by atomic mass is 9.95. The van der Waals surface area contributed by atoms with Crippen LogP contribution in [0.15, 0.2) is 23.4 Å². The van der Waals surface area contributed by atoms with Crippen LogP contribution >= 0.6 is 11.8 Å². The first-order valence-electron chi connectivity index (χ1n) is 9.20. The molecule has 1 saturated carbocycles. The molecule has 0 radical (unpaired) electrons. The van der Waals surface area contributed by atoms with Gasteiger partial charge in [-0.25, -0.2) is 0 Å². The molecular weight excluding hydrogens is 362 g/mol. The van der Waals surface area contributed by atoms with Gasteiger partial charge in [-0.2, -0.15) is 0 Å². The molecule has 1 aromatic carbocycles. The molecule has 144 valence electrons.